The number of ketones is 2. The molecule has 0 saturated carbocycles. The maximum Gasteiger partial charge on any atom is 0.410 e. The summed E-state index contributed by atoms with van der Waals surface area (Å²) in [5.74, 6) is -0.462. The number of anilines is 1. The number of aromatic nitrogens is 1. The van der Waals surface area contributed by atoms with Gasteiger partial charge in [-0.1, -0.05) is 11.6 Å². The summed E-state index contributed by atoms with van der Waals surface area (Å²) in [4.78, 5) is 47.2. The van der Waals surface area contributed by atoms with Crippen molar-refractivity contribution in [2.45, 2.75) is 39.2 Å². The lowest BCUT2D eigenvalue weighted by molar-refractivity contribution is 0.0240. The average molecular weight is 642 g/mol. The summed E-state index contributed by atoms with van der Waals surface area (Å²) in [5, 5.41) is 8.93. The third-order valence-electron chi connectivity index (χ3n) is 7.02. The van der Waals surface area contributed by atoms with Crippen LogP contribution in [0.1, 0.15) is 54.5 Å². The number of carbonyl (C=O) groups is 3. The van der Waals surface area contributed by atoms with Gasteiger partial charge in [0, 0.05) is 55.8 Å². The number of amides is 1. The molecule has 1 aliphatic rings. The third-order valence-corrected chi connectivity index (χ3v) is 7.31. The van der Waals surface area contributed by atoms with E-state index < -0.39 is 11.4 Å². The predicted octanol–water partition coefficient (Wildman–Crippen LogP) is 5.82. The molecule has 1 N–H and O–H groups in total. The number of aliphatic hydroxyl groups excluding tert-OH is 1. The van der Waals surface area contributed by atoms with Crippen LogP contribution < -0.4 is 14.4 Å². The maximum atomic E-state index is 13.9. The summed E-state index contributed by atoms with van der Waals surface area (Å²) in [7, 11) is 1.45. The number of Topliss-reactive ketones (excluding diaryl/α,β-unsaturated/α-hetero) is 2. The smallest absolute Gasteiger partial charge is 0.410 e. The first-order chi connectivity index (χ1) is 21.4. The zero-order chi connectivity index (χ0) is 32.7. The Morgan fingerprint density at radius 3 is 2.31 bits per heavy atom. The van der Waals surface area contributed by atoms with E-state index in [0.29, 0.717) is 60.2 Å². The van der Waals surface area contributed by atoms with Gasteiger partial charge in [0.05, 0.1) is 24.4 Å². The minimum Gasteiger partial charge on any atom is -0.493 e. The van der Waals surface area contributed by atoms with Crippen LogP contribution in [0.3, 0.4) is 0 Å². The number of piperazine rings is 1. The third kappa shape index (κ3) is 8.92. The van der Waals surface area contributed by atoms with Crippen LogP contribution in [0.15, 0.2) is 48.5 Å². The number of aliphatic hydroxyl groups is 1. The minimum atomic E-state index is -0.606. The molecule has 1 aliphatic heterocycles. The van der Waals surface area contributed by atoms with Crippen LogP contribution in [-0.2, 0) is 4.74 Å². The molecular weight excluding hydrogens is 605 g/mol. The molecule has 0 aliphatic carbocycles. The fourth-order valence-electron chi connectivity index (χ4n) is 4.73. The van der Waals surface area contributed by atoms with E-state index in [0.717, 1.165) is 0 Å². The van der Waals surface area contributed by atoms with Crippen molar-refractivity contribution in [3.8, 4) is 22.8 Å². The van der Waals surface area contributed by atoms with Crippen LogP contribution in [0.25, 0.3) is 11.3 Å². The number of carbonyl (C=O) groups excluding carboxylic acids is 3. The van der Waals surface area contributed by atoms with Gasteiger partial charge in [-0.05, 0) is 69.3 Å². The SMILES string of the molecule is COc1cc(C(=O)CCC(=O)c2cc(N3CCN(C(=O)OC(C)(C)C)CC3)cc(-c3ccc(F)c(Cl)c3)n2)ccc1OCCO. The van der Waals surface area contributed by atoms with E-state index in [2.05, 4.69) is 4.98 Å². The Morgan fingerprint density at radius 2 is 1.67 bits per heavy atom. The number of hydrogen-bond donors (Lipinski definition) is 1. The van der Waals surface area contributed by atoms with Crippen molar-refractivity contribution in [3.05, 3.63) is 70.6 Å². The van der Waals surface area contributed by atoms with E-state index in [1.54, 1.807) is 29.2 Å². The first-order valence-corrected chi connectivity index (χ1v) is 14.9. The highest BCUT2D eigenvalue weighted by atomic mass is 35.5. The zero-order valence-corrected chi connectivity index (χ0v) is 26.5. The molecule has 1 fully saturated rings. The molecule has 0 radical (unpaired) electrons. The van der Waals surface area contributed by atoms with E-state index in [1.165, 1.54) is 31.4 Å². The molecule has 2 heterocycles. The number of methoxy groups -OCH3 is 1. The van der Waals surface area contributed by atoms with Gasteiger partial charge in [0.15, 0.2) is 23.1 Å². The van der Waals surface area contributed by atoms with Crippen molar-refractivity contribution >= 4 is 34.9 Å². The normalized spacial score (nSPS) is 13.4. The van der Waals surface area contributed by atoms with Crippen LogP contribution in [0.5, 0.6) is 11.5 Å². The van der Waals surface area contributed by atoms with Crippen LogP contribution in [0.2, 0.25) is 5.02 Å². The summed E-state index contributed by atoms with van der Waals surface area (Å²) >= 11 is 6.05. The van der Waals surface area contributed by atoms with Crippen molar-refractivity contribution in [1.82, 2.24) is 9.88 Å². The fourth-order valence-corrected chi connectivity index (χ4v) is 4.91. The lowest BCUT2D eigenvalue weighted by Gasteiger charge is -2.37. The van der Waals surface area contributed by atoms with Gasteiger partial charge in [0.1, 0.15) is 23.7 Å². The molecule has 0 unspecified atom stereocenters. The number of benzene rings is 2. The van der Waals surface area contributed by atoms with Gasteiger partial charge in [-0.25, -0.2) is 14.2 Å². The van der Waals surface area contributed by atoms with Crippen molar-refractivity contribution in [1.29, 1.82) is 0 Å². The van der Waals surface area contributed by atoms with Crippen LogP contribution >= 0.6 is 11.6 Å². The molecule has 12 heteroatoms. The molecule has 240 valence electrons. The summed E-state index contributed by atoms with van der Waals surface area (Å²) in [5.41, 5.74) is 1.53. The van der Waals surface area contributed by atoms with Gasteiger partial charge in [0.25, 0.3) is 0 Å². The molecule has 4 rings (SSSR count). The summed E-state index contributed by atoms with van der Waals surface area (Å²) in [6.45, 7) is 7.16. The number of halogens is 2. The summed E-state index contributed by atoms with van der Waals surface area (Å²) in [6, 6.07) is 12.4. The highest BCUT2D eigenvalue weighted by molar-refractivity contribution is 6.31. The van der Waals surface area contributed by atoms with Gasteiger partial charge >= 0.3 is 6.09 Å². The Hall–Kier alpha value is -4.22. The molecule has 1 aromatic heterocycles. The van der Waals surface area contributed by atoms with Crippen molar-refractivity contribution < 1.29 is 38.1 Å². The molecule has 45 heavy (non-hydrogen) atoms. The van der Waals surface area contributed by atoms with Gasteiger partial charge in [-0.2, -0.15) is 0 Å². The number of hydrogen-bond acceptors (Lipinski definition) is 9. The summed E-state index contributed by atoms with van der Waals surface area (Å²) < 4.78 is 30.2. The molecule has 0 atom stereocenters. The van der Waals surface area contributed by atoms with E-state index in [1.807, 2.05) is 25.7 Å². The number of rotatable bonds is 11. The zero-order valence-electron chi connectivity index (χ0n) is 25.8. The van der Waals surface area contributed by atoms with Crippen molar-refractivity contribution in [2.24, 2.45) is 0 Å². The Morgan fingerprint density at radius 1 is 0.956 bits per heavy atom. The van der Waals surface area contributed by atoms with E-state index in [9.17, 15) is 18.8 Å². The molecule has 0 spiro atoms. The van der Waals surface area contributed by atoms with E-state index in [-0.39, 0.29) is 54.4 Å². The topological polar surface area (TPSA) is 119 Å². The van der Waals surface area contributed by atoms with Gasteiger partial charge in [-0.3, -0.25) is 9.59 Å². The number of ether oxygens (including phenoxy) is 3. The van der Waals surface area contributed by atoms with E-state index in [4.69, 9.17) is 30.9 Å². The van der Waals surface area contributed by atoms with Gasteiger partial charge in [-0.15, -0.1) is 0 Å². The Labute approximate surface area is 266 Å². The molecule has 2 aromatic carbocycles. The Bertz CT molecular complexity index is 1550. The molecule has 0 bridgehead atoms. The predicted molar refractivity (Wildman–Crippen MR) is 168 cm³/mol. The quantitative estimate of drug-likeness (QED) is 0.258. The van der Waals surface area contributed by atoms with E-state index >= 15 is 0 Å². The lowest BCUT2D eigenvalue weighted by Crippen LogP contribution is -2.50. The molecule has 10 nitrogen and oxygen atoms in total. The fraction of sp³-hybridized carbons (Fsp3) is 0.394. The second kappa shape index (κ2) is 14.7. The first kappa shape index (κ1) is 33.7. The molecule has 1 saturated heterocycles. The standard InChI is InChI=1S/C33H37ClFN3O7/c1-33(2,3)45-32(42)38-13-11-37(12-14-38)23-19-26(21-5-7-25(35)24(34)17-21)36-27(20-23)29(41)9-8-28(40)22-6-10-30(44-16-15-39)31(18-22)43-4/h5-7,10,17-20,39H,8-9,11-16H2,1-4H3. The number of nitrogens with zero attached hydrogens (tertiary/aromatic N) is 3. The summed E-state index contributed by atoms with van der Waals surface area (Å²) in [6.07, 6.45) is -0.558. The van der Waals surface area contributed by atoms with Crippen LogP contribution in [-0.4, -0.2) is 84.8 Å². The van der Waals surface area contributed by atoms with Crippen LogP contribution in [0, 0.1) is 5.82 Å². The second-order valence-corrected chi connectivity index (χ2v) is 11.9. The number of pyridine rings is 1. The molecule has 3 aromatic rings. The molecule has 1 amide bonds. The van der Waals surface area contributed by atoms with Crippen LogP contribution in [0.4, 0.5) is 14.9 Å². The second-order valence-electron chi connectivity index (χ2n) is 11.5. The van der Waals surface area contributed by atoms with Gasteiger partial charge in [0.2, 0.25) is 0 Å². The van der Waals surface area contributed by atoms with Gasteiger partial charge < -0.3 is 29.1 Å². The Kier molecular flexibility index (Phi) is 11.0. The van der Waals surface area contributed by atoms with Crippen molar-refractivity contribution in [3.63, 3.8) is 0 Å². The highest BCUT2D eigenvalue weighted by Gasteiger charge is 2.27. The van der Waals surface area contributed by atoms with Crippen molar-refractivity contribution in [2.75, 3.05) is 51.4 Å². The largest absolute Gasteiger partial charge is 0.493 e. The average Bonchev–Trinajstić information content (AvgIpc) is 3.02. The highest BCUT2D eigenvalue weighted by Crippen LogP contribution is 2.30. The minimum absolute atomic E-state index is 0.0724. The first-order valence-electron chi connectivity index (χ1n) is 14.6. The Balaban J connectivity index is 1.53. The monoisotopic (exact) mass is 641 g/mol. The molecular formula is C33H37ClFN3O7. The lowest BCUT2D eigenvalue weighted by atomic mass is 10.0. The maximum absolute atomic E-state index is 13.9.